The number of nitrogens with one attached hydrogen (secondary N) is 1. The maximum absolute atomic E-state index is 10.7. The summed E-state index contributed by atoms with van der Waals surface area (Å²) in [6.07, 6.45) is 0. The van der Waals surface area contributed by atoms with Crippen LogP contribution in [0.2, 0.25) is 0 Å². The third-order valence-corrected chi connectivity index (χ3v) is 1.08. The van der Waals surface area contributed by atoms with E-state index in [9.17, 15) is 4.79 Å². The van der Waals surface area contributed by atoms with E-state index in [2.05, 4.69) is 25.7 Å². The van der Waals surface area contributed by atoms with E-state index in [1.165, 1.54) is 5.01 Å². The molecule has 0 spiro atoms. The van der Waals surface area contributed by atoms with Crippen LogP contribution in [0.5, 0.6) is 0 Å². The number of nitrogens with zero attached hydrogens (tertiary/aromatic N) is 5. The van der Waals surface area contributed by atoms with Gasteiger partial charge in [0.05, 0.1) is 0 Å². The fourth-order valence-corrected chi connectivity index (χ4v) is 0.592. The molecule has 0 aliphatic carbocycles. The van der Waals surface area contributed by atoms with E-state index >= 15 is 0 Å². The highest BCUT2D eigenvalue weighted by Crippen LogP contribution is 2.11. The molecule has 0 aromatic carbocycles. The highest BCUT2D eigenvalue weighted by Gasteiger charge is 2.12. The largest absolute Gasteiger partial charge is 0.364 e. The van der Waals surface area contributed by atoms with E-state index in [4.69, 9.17) is 5.73 Å². The van der Waals surface area contributed by atoms with Crippen molar-refractivity contribution in [2.24, 2.45) is 16.1 Å². The van der Waals surface area contributed by atoms with E-state index in [-0.39, 0.29) is 11.5 Å². The molecule has 0 fully saturated rings. The van der Waals surface area contributed by atoms with Crippen molar-refractivity contribution in [2.75, 3.05) is 14.1 Å². The minimum Gasteiger partial charge on any atom is -0.364 e. The molecule has 3 N–H and O–H groups in total. The summed E-state index contributed by atoms with van der Waals surface area (Å²) < 4.78 is 0. The van der Waals surface area contributed by atoms with Crippen LogP contribution in [0.25, 0.3) is 0 Å². The number of carbonyl (C=O) groups excluding carboxylic acids is 1. The van der Waals surface area contributed by atoms with Crippen LogP contribution in [0.15, 0.2) is 10.3 Å². The summed E-state index contributed by atoms with van der Waals surface area (Å²) in [4.78, 5) is 10.7. The van der Waals surface area contributed by atoms with E-state index in [1.807, 2.05) is 0 Å². The number of hydrogen-bond donors (Lipinski definition) is 2. The molecule has 0 radical (unpaired) electrons. The maximum Gasteiger partial charge on any atom is 0.273 e. The average Bonchev–Trinajstić information content (AvgIpc) is 2.47. The Morgan fingerprint density at radius 3 is 2.77 bits per heavy atom. The van der Waals surface area contributed by atoms with Gasteiger partial charge in [0.1, 0.15) is 0 Å². The van der Waals surface area contributed by atoms with Crippen LogP contribution >= 0.6 is 0 Å². The van der Waals surface area contributed by atoms with Crippen LogP contribution in [0.1, 0.15) is 10.5 Å². The second kappa shape index (κ2) is 3.61. The molecule has 70 valence electrons. The Labute approximate surface area is 73.8 Å². The van der Waals surface area contributed by atoms with Crippen LogP contribution in [0, 0.1) is 0 Å². The maximum atomic E-state index is 10.7. The number of carbonyl (C=O) groups is 1. The summed E-state index contributed by atoms with van der Waals surface area (Å²) in [6, 6.07) is 0. The summed E-state index contributed by atoms with van der Waals surface area (Å²) >= 11 is 0. The minimum absolute atomic E-state index is 0.0226. The lowest BCUT2D eigenvalue weighted by Gasteiger charge is -1.98. The number of hydrogen-bond acceptors (Lipinski definition) is 5. The smallest absolute Gasteiger partial charge is 0.273 e. The molecule has 1 amide bonds. The van der Waals surface area contributed by atoms with E-state index in [0.29, 0.717) is 0 Å². The Balaban J connectivity index is 2.88. The normalized spacial score (nSPS) is 10.6. The molecule has 0 saturated carbocycles. The Kier molecular flexibility index (Phi) is 2.52. The van der Waals surface area contributed by atoms with E-state index < -0.39 is 5.91 Å². The number of H-pyrrole nitrogens is 1. The number of nitrogens with two attached hydrogens (primary N) is 1. The third kappa shape index (κ3) is 2.22. The number of rotatable bonds is 3. The van der Waals surface area contributed by atoms with Crippen molar-refractivity contribution in [2.45, 2.75) is 0 Å². The number of primary amides is 1. The molecule has 8 heteroatoms. The summed E-state index contributed by atoms with van der Waals surface area (Å²) in [5.74, 6) is -0.609. The summed E-state index contributed by atoms with van der Waals surface area (Å²) in [5.41, 5.74) is 4.97. The quantitative estimate of drug-likeness (QED) is 0.484. The van der Waals surface area contributed by atoms with E-state index in [0.717, 1.165) is 0 Å². The molecular weight excluding hydrogens is 174 g/mol. The van der Waals surface area contributed by atoms with Crippen LogP contribution in [0.3, 0.4) is 0 Å². The molecule has 0 saturated heterocycles. The third-order valence-electron chi connectivity index (χ3n) is 1.08. The van der Waals surface area contributed by atoms with Crippen LogP contribution in [-0.2, 0) is 0 Å². The van der Waals surface area contributed by atoms with Gasteiger partial charge in [0.15, 0.2) is 5.69 Å². The topological polar surface area (TPSA) is 113 Å². The van der Waals surface area contributed by atoms with Crippen molar-refractivity contribution in [3.63, 3.8) is 0 Å². The number of aromatic amines is 1. The van der Waals surface area contributed by atoms with Gasteiger partial charge in [-0.1, -0.05) is 5.22 Å². The Bertz CT molecular complexity index is 327. The molecule has 1 heterocycles. The number of amides is 1. The van der Waals surface area contributed by atoms with Crippen LogP contribution in [0.4, 0.5) is 5.82 Å². The second-order valence-corrected chi connectivity index (χ2v) is 2.40. The highest BCUT2D eigenvalue weighted by atomic mass is 16.1. The first-order valence-corrected chi connectivity index (χ1v) is 3.41. The molecule has 0 atom stereocenters. The first-order valence-electron chi connectivity index (χ1n) is 3.41. The lowest BCUT2D eigenvalue weighted by molar-refractivity contribution is 0.0996. The first-order chi connectivity index (χ1) is 6.11. The lowest BCUT2D eigenvalue weighted by Crippen LogP contribution is -2.11. The first kappa shape index (κ1) is 9.10. The summed E-state index contributed by atoms with van der Waals surface area (Å²) in [5, 5.41) is 18.1. The molecular formula is C5H9N7O. The number of aromatic nitrogens is 3. The van der Waals surface area contributed by atoms with Gasteiger partial charge in [-0.05, 0) is 0 Å². The molecule has 0 unspecified atom stereocenters. The average molecular weight is 183 g/mol. The van der Waals surface area contributed by atoms with Gasteiger partial charge in [-0.15, -0.1) is 15.3 Å². The SMILES string of the molecule is CN(C)N=Nc1n[nH]nc1C(N)=O. The van der Waals surface area contributed by atoms with Gasteiger partial charge in [0.25, 0.3) is 5.91 Å². The summed E-state index contributed by atoms with van der Waals surface area (Å²) in [7, 11) is 3.38. The van der Waals surface area contributed by atoms with Crippen molar-refractivity contribution < 1.29 is 4.79 Å². The predicted molar refractivity (Wildman–Crippen MR) is 43.1 cm³/mol. The summed E-state index contributed by atoms with van der Waals surface area (Å²) in [6.45, 7) is 0. The Morgan fingerprint density at radius 2 is 2.23 bits per heavy atom. The van der Waals surface area contributed by atoms with Gasteiger partial charge in [-0.2, -0.15) is 5.21 Å². The molecule has 0 bridgehead atoms. The predicted octanol–water partition coefficient (Wildman–Crippen LogP) is -0.536. The molecule has 1 aromatic heterocycles. The van der Waals surface area contributed by atoms with Crippen molar-refractivity contribution in [1.82, 2.24) is 20.4 Å². The Morgan fingerprint density at radius 1 is 1.54 bits per heavy atom. The van der Waals surface area contributed by atoms with Gasteiger partial charge in [-0.25, -0.2) is 0 Å². The molecule has 1 aromatic rings. The highest BCUT2D eigenvalue weighted by molar-refractivity contribution is 5.94. The molecule has 0 aliphatic rings. The zero-order valence-electron chi connectivity index (χ0n) is 7.22. The monoisotopic (exact) mass is 183 g/mol. The zero-order chi connectivity index (χ0) is 9.84. The van der Waals surface area contributed by atoms with Gasteiger partial charge in [0, 0.05) is 14.1 Å². The molecule has 13 heavy (non-hydrogen) atoms. The lowest BCUT2D eigenvalue weighted by atomic mass is 10.4. The standard InChI is InChI=1S/C5H9N7O/c1-12(2)11-9-5-3(4(6)13)7-10-8-5/h1-2H3,(H2,6,13)(H,7,8,10). The van der Waals surface area contributed by atoms with Crippen molar-refractivity contribution in [3.8, 4) is 0 Å². The van der Waals surface area contributed by atoms with Gasteiger partial charge in [0.2, 0.25) is 5.82 Å². The van der Waals surface area contributed by atoms with Gasteiger partial charge < -0.3 is 5.73 Å². The Hall–Kier alpha value is -1.99. The zero-order valence-corrected chi connectivity index (χ0v) is 7.22. The molecule has 1 rings (SSSR count). The van der Waals surface area contributed by atoms with Crippen molar-refractivity contribution >= 4 is 11.7 Å². The van der Waals surface area contributed by atoms with Crippen molar-refractivity contribution in [1.29, 1.82) is 0 Å². The van der Waals surface area contributed by atoms with Crippen molar-refractivity contribution in [3.05, 3.63) is 5.69 Å². The second-order valence-electron chi connectivity index (χ2n) is 2.40. The molecule has 8 nitrogen and oxygen atoms in total. The van der Waals surface area contributed by atoms with E-state index in [1.54, 1.807) is 14.1 Å². The van der Waals surface area contributed by atoms with Crippen LogP contribution < -0.4 is 5.73 Å². The minimum atomic E-state index is -0.693. The molecule has 0 aliphatic heterocycles. The fraction of sp³-hybridized carbons (Fsp3) is 0.400. The fourth-order valence-electron chi connectivity index (χ4n) is 0.592. The van der Waals surface area contributed by atoms with Gasteiger partial charge in [-0.3, -0.25) is 9.80 Å². The van der Waals surface area contributed by atoms with Gasteiger partial charge >= 0.3 is 0 Å². The van der Waals surface area contributed by atoms with Crippen LogP contribution in [-0.4, -0.2) is 40.4 Å².